The topological polar surface area (TPSA) is 101 Å². The first-order chi connectivity index (χ1) is 13.9. The van der Waals surface area contributed by atoms with Crippen molar-refractivity contribution in [2.45, 2.75) is 39.0 Å². The molecule has 29 heavy (non-hydrogen) atoms. The number of anilines is 1. The summed E-state index contributed by atoms with van der Waals surface area (Å²) in [6, 6.07) is 7.10. The van der Waals surface area contributed by atoms with Gasteiger partial charge in [0.05, 0.1) is 6.61 Å². The maximum atomic E-state index is 9.90. The number of hydrogen-bond donors (Lipinski definition) is 3. The van der Waals surface area contributed by atoms with Crippen LogP contribution in [0.4, 0.5) is 5.69 Å². The standard InChI is InChI=1S/C17H26N2O.C5H6O4/c20-13-12-18-8-10-19(11-9-18)17-7-6-15-4-2-1-3-5-16(15)14-17;1-3(5(8)9)2-4(6)7/h6-7,14,20H,1-5,8-13H2;2H,1H3,(H,6,7)(H,8,9)/b;3-2-. The van der Waals surface area contributed by atoms with Crippen LogP contribution in [0.1, 0.15) is 37.3 Å². The summed E-state index contributed by atoms with van der Waals surface area (Å²) in [4.78, 5) is 24.5. The van der Waals surface area contributed by atoms with Crippen molar-refractivity contribution in [1.29, 1.82) is 0 Å². The van der Waals surface area contributed by atoms with E-state index in [4.69, 9.17) is 15.3 Å². The number of nitrogens with zero attached hydrogens (tertiary/aromatic N) is 2. The number of β-amino-alcohol motifs (C(OH)–C–C–N with tert-alkyl or cyclic N) is 1. The Morgan fingerprint density at radius 3 is 2.21 bits per heavy atom. The zero-order valence-corrected chi connectivity index (χ0v) is 17.1. The number of carboxylic acids is 2. The molecule has 0 unspecified atom stereocenters. The lowest BCUT2D eigenvalue weighted by Gasteiger charge is -2.36. The second kappa shape index (κ2) is 11.6. The highest BCUT2D eigenvalue weighted by atomic mass is 16.4. The molecular formula is C22H32N2O5. The van der Waals surface area contributed by atoms with Gasteiger partial charge in [0.25, 0.3) is 0 Å². The minimum Gasteiger partial charge on any atom is -0.478 e. The highest BCUT2D eigenvalue weighted by Crippen LogP contribution is 2.26. The van der Waals surface area contributed by atoms with Gasteiger partial charge in [-0.3, -0.25) is 4.90 Å². The Balaban J connectivity index is 0.000000284. The molecule has 1 aromatic rings. The van der Waals surface area contributed by atoms with Gasteiger partial charge in [0.2, 0.25) is 0 Å². The molecular weight excluding hydrogens is 372 g/mol. The molecule has 0 spiro atoms. The first kappa shape index (κ1) is 22.9. The molecule has 1 aromatic carbocycles. The predicted molar refractivity (Wildman–Crippen MR) is 112 cm³/mol. The lowest BCUT2D eigenvalue weighted by atomic mass is 10.0. The molecule has 160 valence electrons. The van der Waals surface area contributed by atoms with E-state index in [1.165, 1.54) is 44.7 Å². The molecule has 7 heteroatoms. The number of fused-ring (bicyclic) bond motifs is 1. The van der Waals surface area contributed by atoms with E-state index in [-0.39, 0.29) is 12.2 Å². The van der Waals surface area contributed by atoms with Gasteiger partial charge in [0.15, 0.2) is 0 Å². The van der Waals surface area contributed by atoms with E-state index < -0.39 is 11.9 Å². The van der Waals surface area contributed by atoms with Crippen molar-refractivity contribution >= 4 is 17.6 Å². The van der Waals surface area contributed by atoms with Crippen LogP contribution in [-0.4, -0.2) is 71.5 Å². The molecule has 1 aliphatic heterocycles. The molecule has 1 fully saturated rings. The van der Waals surface area contributed by atoms with Crippen LogP contribution in [0, 0.1) is 0 Å². The number of carboxylic acid groups (broad SMARTS) is 2. The van der Waals surface area contributed by atoms with Gasteiger partial charge in [-0.15, -0.1) is 0 Å². The monoisotopic (exact) mass is 404 g/mol. The SMILES string of the molecule is C/C(=C/C(=O)O)C(=O)O.OCCN1CCN(c2ccc3c(c2)CCCCC3)CC1. The van der Waals surface area contributed by atoms with Crippen LogP contribution >= 0.6 is 0 Å². The Kier molecular flexibility index (Phi) is 9.15. The Labute approximate surface area is 172 Å². The molecule has 0 saturated carbocycles. The Morgan fingerprint density at radius 1 is 1.00 bits per heavy atom. The van der Waals surface area contributed by atoms with Crippen LogP contribution in [0.25, 0.3) is 0 Å². The molecule has 2 aliphatic rings. The van der Waals surface area contributed by atoms with Crippen LogP contribution in [0.5, 0.6) is 0 Å². The number of benzene rings is 1. The third-order valence-corrected chi connectivity index (χ3v) is 5.41. The summed E-state index contributed by atoms with van der Waals surface area (Å²) in [7, 11) is 0. The fraction of sp³-hybridized carbons (Fsp3) is 0.545. The summed E-state index contributed by atoms with van der Waals surface area (Å²) < 4.78 is 0. The molecule has 7 nitrogen and oxygen atoms in total. The van der Waals surface area contributed by atoms with E-state index in [0.717, 1.165) is 32.7 Å². The van der Waals surface area contributed by atoms with Gasteiger partial charge in [0.1, 0.15) is 0 Å². The number of aliphatic hydroxyl groups is 1. The van der Waals surface area contributed by atoms with Crippen molar-refractivity contribution in [3.05, 3.63) is 41.0 Å². The number of hydrogen-bond acceptors (Lipinski definition) is 5. The Morgan fingerprint density at radius 2 is 1.66 bits per heavy atom. The molecule has 0 aromatic heterocycles. The fourth-order valence-corrected chi connectivity index (χ4v) is 3.71. The third-order valence-electron chi connectivity index (χ3n) is 5.41. The smallest absolute Gasteiger partial charge is 0.331 e. The summed E-state index contributed by atoms with van der Waals surface area (Å²) in [5, 5.41) is 25.1. The molecule has 1 aliphatic carbocycles. The van der Waals surface area contributed by atoms with Crippen molar-refractivity contribution in [2.75, 3.05) is 44.2 Å². The quantitative estimate of drug-likeness (QED) is 0.511. The number of aryl methyl sites for hydroxylation is 2. The maximum absolute atomic E-state index is 9.90. The number of aliphatic carboxylic acids is 2. The summed E-state index contributed by atoms with van der Waals surface area (Å²) in [5.74, 6) is -2.45. The number of piperazine rings is 1. The van der Waals surface area contributed by atoms with Crippen LogP contribution in [0.15, 0.2) is 29.8 Å². The summed E-state index contributed by atoms with van der Waals surface area (Å²) in [6.45, 7) is 6.61. The molecule has 1 saturated heterocycles. The lowest BCUT2D eigenvalue weighted by Crippen LogP contribution is -2.47. The molecule has 3 rings (SSSR count). The largest absolute Gasteiger partial charge is 0.478 e. The Hall–Kier alpha value is -2.38. The van der Waals surface area contributed by atoms with E-state index in [0.29, 0.717) is 6.08 Å². The van der Waals surface area contributed by atoms with Gasteiger partial charge in [-0.2, -0.15) is 0 Å². The van der Waals surface area contributed by atoms with Gasteiger partial charge in [-0.1, -0.05) is 12.5 Å². The first-order valence-electron chi connectivity index (χ1n) is 10.2. The zero-order chi connectivity index (χ0) is 21.2. The normalized spacial score (nSPS) is 17.6. The molecule has 0 amide bonds. The highest BCUT2D eigenvalue weighted by molar-refractivity contribution is 5.93. The fourth-order valence-electron chi connectivity index (χ4n) is 3.71. The first-order valence-corrected chi connectivity index (χ1v) is 10.2. The molecule has 0 bridgehead atoms. The zero-order valence-electron chi connectivity index (χ0n) is 17.1. The van der Waals surface area contributed by atoms with Crippen LogP contribution in [0.3, 0.4) is 0 Å². The third kappa shape index (κ3) is 7.51. The summed E-state index contributed by atoms with van der Waals surface area (Å²) in [5.41, 5.74) is 4.37. The predicted octanol–water partition coefficient (Wildman–Crippen LogP) is 2.17. The maximum Gasteiger partial charge on any atom is 0.331 e. The Bertz CT molecular complexity index is 724. The van der Waals surface area contributed by atoms with Gasteiger partial charge < -0.3 is 20.2 Å². The van der Waals surface area contributed by atoms with Gasteiger partial charge in [0, 0.05) is 50.1 Å². The lowest BCUT2D eigenvalue weighted by molar-refractivity contribution is -0.135. The minimum atomic E-state index is -1.24. The molecule has 3 N–H and O–H groups in total. The van der Waals surface area contributed by atoms with Gasteiger partial charge >= 0.3 is 11.9 Å². The summed E-state index contributed by atoms with van der Waals surface area (Å²) in [6.07, 6.45) is 7.24. The number of aliphatic hydroxyl groups excluding tert-OH is 1. The highest BCUT2D eigenvalue weighted by Gasteiger charge is 2.18. The second-order valence-corrected chi connectivity index (χ2v) is 7.54. The second-order valence-electron chi connectivity index (χ2n) is 7.54. The van der Waals surface area contributed by atoms with Crippen LogP contribution in [-0.2, 0) is 22.4 Å². The van der Waals surface area contributed by atoms with Crippen molar-refractivity contribution < 1.29 is 24.9 Å². The average molecular weight is 405 g/mol. The summed E-state index contributed by atoms with van der Waals surface area (Å²) >= 11 is 0. The molecule has 0 radical (unpaired) electrons. The van der Waals surface area contributed by atoms with E-state index >= 15 is 0 Å². The van der Waals surface area contributed by atoms with E-state index in [9.17, 15) is 9.59 Å². The number of rotatable bonds is 5. The van der Waals surface area contributed by atoms with Crippen LogP contribution in [0.2, 0.25) is 0 Å². The van der Waals surface area contributed by atoms with Crippen molar-refractivity contribution in [3.8, 4) is 0 Å². The van der Waals surface area contributed by atoms with Gasteiger partial charge in [-0.05, 0) is 55.9 Å². The van der Waals surface area contributed by atoms with E-state index in [1.54, 1.807) is 11.1 Å². The van der Waals surface area contributed by atoms with Crippen molar-refractivity contribution in [2.24, 2.45) is 0 Å². The van der Waals surface area contributed by atoms with Crippen LogP contribution < -0.4 is 4.90 Å². The van der Waals surface area contributed by atoms with Crippen molar-refractivity contribution in [3.63, 3.8) is 0 Å². The van der Waals surface area contributed by atoms with Gasteiger partial charge in [-0.25, -0.2) is 9.59 Å². The van der Waals surface area contributed by atoms with E-state index in [1.807, 2.05) is 0 Å². The molecule has 1 heterocycles. The average Bonchev–Trinajstić information content (AvgIpc) is 2.93. The van der Waals surface area contributed by atoms with E-state index in [2.05, 4.69) is 28.0 Å². The molecule has 0 atom stereocenters. The number of carbonyl (C=O) groups is 2. The minimum absolute atomic E-state index is 0.178. The van der Waals surface area contributed by atoms with Crippen molar-refractivity contribution in [1.82, 2.24) is 4.90 Å².